The maximum atomic E-state index is 9.76. The number of ether oxygens (including phenoxy) is 2. The van der Waals surface area contributed by atoms with Crippen molar-refractivity contribution in [3.05, 3.63) is 35.9 Å². The zero-order valence-electron chi connectivity index (χ0n) is 10.3. The van der Waals surface area contributed by atoms with Crippen LogP contribution in [0.2, 0.25) is 0 Å². The summed E-state index contributed by atoms with van der Waals surface area (Å²) in [7, 11) is 0. The van der Waals surface area contributed by atoms with Crippen LogP contribution in [-0.4, -0.2) is 57.7 Å². The smallest absolute Gasteiger partial charge is 0.187 e. The second-order valence-corrected chi connectivity index (χ2v) is 4.49. The van der Waals surface area contributed by atoms with Crippen LogP contribution in [0.15, 0.2) is 30.3 Å². The quantitative estimate of drug-likeness (QED) is 0.560. The number of benzene rings is 1. The van der Waals surface area contributed by atoms with E-state index >= 15 is 0 Å². The first-order valence-corrected chi connectivity index (χ1v) is 6.09. The van der Waals surface area contributed by atoms with Gasteiger partial charge in [-0.25, -0.2) is 0 Å². The highest BCUT2D eigenvalue weighted by molar-refractivity contribution is 5.13. The topological polar surface area (TPSA) is 99.4 Å². The molecule has 1 aliphatic heterocycles. The number of hydrogen-bond acceptors (Lipinski definition) is 6. The molecule has 4 N–H and O–H groups in total. The van der Waals surface area contributed by atoms with Crippen molar-refractivity contribution in [2.45, 2.75) is 37.3 Å². The van der Waals surface area contributed by atoms with Crippen LogP contribution in [0.1, 0.15) is 5.56 Å². The Labute approximate surface area is 110 Å². The van der Waals surface area contributed by atoms with Crippen molar-refractivity contribution in [2.24, 2.45) is 0 Å². The van der Waals surface area contributed by atoms with Gasteiger partial charge in [0.2, 0.25) is 0 Å². The minimum atomic E-state index is -1.41. The van der Waals surface area contributed by atoms with Crippen LogP contribution in [0.5, 0.6) is 0 Å². The van der Waals surface area contributed by atoms with E-state index < -0.39 is 37.3 Å². The Balaban J connectivity index is 1.95. The summed E-state index contributed by atoms with van der Waals surface area (Å²) < 4.78 is 10.6. The molecule has 0 spiro atoms. The molecule has 0 bridgehead atoms. The fraction of sp³-hybridized carbons (Fsp3) is 0.538. The highest BCUT2D eigenvalue weighted by Crippen LogP contribution is 2.22. The molecule has 1 aromatic rings. The highest BCUT2D eigenvalue weighted by Gasteiger charge is 2.43. The lowest BCUT2D eigenvalue weighted by Gasteiger charge is -2.39. The summed E-state index contributed by atoms with van der Waals surface area (Å²) in [6.45, 7) is -0.264. The summed E-state index contributed by atoms with van der Waals surface area (Å²) in [4.78, 5) is 0. The Hall–Kier alpha value is -1.02. The minimum Gasteiger partial charge on any atom is -0.394 e. The van der Waals surface area contributed by atoms with Crippen molar-refractivity contribution in [1.29, 1.82) is 0 Å². The molecule has 6 heteroatoms. The molecule has 0 radical (unpaired) electrons. The monoisotopic (exact) mass is 270 g/mol. The third kappa shape index (κ3) is 3.30. The zero-order chi connectivity index (χ0) is 13.8. The second kappa shape index (κ2) is 6.42. The lowest BCUT2D eigenvalue weighted by atomic mass is 9.99. The molecule has 1 aromatic carbocycles. The van der Waals surface area contributed by atoms with Gasteiger partial charge in [0.25, 0.3) is 0 Å². The van der Waals surface area contributed by atoms with Gasteiger partial charge in [0.15, 0.2) is 6.29 Å². The standard InChI is InChI=1S/C13H18O6/c14-6-9-10(15)11(16)12(17)13(19-9)18-7-8-4-2-1-3-5-8/h1-5,9-17H,6-7H2/t9?,10-,11+,12?,13+/m1/s1. The van der Waals surface area contributed by atoms with E-state index in [4.69, 9.17) is 14.6 Å². The lowest BCUT2D eigenvalue weighted by molar-refractivity contribution is -0.304. The van der Waals surface area contributed by atoms with Gasteiger partial charge in [0.1, 0.15) is 24.4 Å². The predicted molar refractivity (Wildman–Crippen MR) is 65.0 cm³/mol. The molecule has 0 saturated carbocycles. The van der Waals surface area contributed by atoms with Gasteiger partial charge in [-0.05, 0) is 5.56 Å². The summed E-state index contributed by atoms with van der Waals surface area (Å²) in [5.41, 5.74) is 0.888. The molecule has 1 aliphatic rings. The molecule has 2 unspecified atom stereocenters. The average molecular weight is 270 g/mol. The molecular weight excluding hydrogens is 252 g/mol. The van der Waals surface area contributed by atoms with Crippen molar-refractivity contribution in [3.63, 3.8) is 0 Å². The predicted octanol–water partition coefficient (Wildman–Crippen LogP) is -0.997. The van der Waals surface area contributed by atoms with Crippen molar-refractivity contribution >= 4 is 0 Å². The van der Waals surface area contributed by atoms with E-state index in [0.717, 1.165) is 5.56 Å². The van der Waals surface area contributed by atoms with Crippen molar-refractivity contribution in [1.82, 2.24) is 0 Å². The maximum Gasteiger partial charge on any atom is 0.187 e. The minimum absolute atomic E-state index is 0.198. The Morgan fingerprint density at radius 2 is 1.68 bits per heavy atom. The lowest BCUT2D eigenvalue weighted by Crippen LogP contribution is -2.59. The Kier molecular flexibility index (Phi) is 4.87. The molecule has 19 heavy (non-hydrogen) atoms. The molecule has 5 atom stereocenters. The van der Waals surface area contributed by atoms with E-state index in [2.05, 4.69) is 0 Å². The van der Waals surface area contributed by atoms with Crippen LogP contribution in [0.3, 0.4) is 0 Å². The van der Waals surface area contributed by atoms with Crippen LogP contribution < -0.4 is 0 Å². The number of rotatable bonds is 4. The number of aliphatic hydroxyl groups is 4. The molecule has 2 rings (SSSR count). The fourth-order valence-electron chi connectivity index (χ4n) is 1.96. The van der Waals surface area contributed by atoms with Gasteiger partial charge in [-0.15, -0.1) is 0 Å². The fourth-order valence-corrected chi connectivity index (χ4v) is 1.96. The van der Waals surface area contributed by atoms with Gasteiger partial charge < -0.3 is 29.9 Å². The Morgan fingerprint density at radius 3 is 2.32 bits per heavy atom. The van der Waals surface area contributed by atoms with Gasteiger partial charge in [0, 0.05) is 0 Å². The first kappa shape index (κ1) is 14.4. The molecular formula is C13H18O6. The third-order valence-corrected chi connectivity index (χ3v) is 3.11. The molecule has 1 fully saturated rings. The molecule has 6 nitrogen and oxygen atoms in total. The Bertz CT molecular complexity index is 382. The molecule has 1 heterocycles. The normalized spacial score (nSPS) is 35.3. The Morgan fingerprint density at radius 1 is 1.00 bits per heavy atom. The molecule has 0 amide bonds. The van der Waals surface area contributed by atoms with Crippen LogP contribution in [0.25, 0.3) is 0 Å². The van der Waals surface area contributed by atoms with Crippen molar-refractivity contribution in [2.75, 3.05) is 6.61 Å². The van der Waals surface area contributed by atoms with Gasteiger partial charge in [0.05, 0.1) is 13.2 Å². The average Bonchev–Trinajstić information content (AvgIpc) is 2.45. The largest absolute Gasteiger partial charge is 0.394 e. The first-order chi connectivity index (χ1) is 9.13. The summed E-state index contributed by atoms with van der Waals surface area (Å²) in [5, 5.41) is 38.0. The van der Waals surface area contributed by atoms with Crippen LogP contribution >= 0.6 is 0 Å². The van der Waals surface area contributed by atoms with Gasteiger partial charge >= 0.3 is 0 Å². The van der Waals surface area contributed by atoms with E-state index in [1.807, 2.05) is 30.3 Å². The second-order valence-electron chi connectivity index (χ2n) is 4.49. The molecule has 1 saturated heterocycles. The molecule has 106 valence electrons. The highest BCUT2D eigenvalue weighted by atomic mass is 16.7. The number of hydrogen-bond donors (Lipinski definition) is 4. The SMILES string of the molecule is OCC1O[C@H](OCc2ccccc2)C(O)[C@@H](O)[C@@H]1O. The van der Waals surface area contributed by atoms with Crippen molar-refractivity contribution < 1.29 is 29.9 Å². The third-order valence-electron chi connectivity index (χ3n) is 3.11. The summed E-state index contributed by atoms with van der Waals surface area (Å²) in [6.07, 6.45) is -6.17. The van der Waals surface area contributed by atoms with Crippen LogP contribution in [0, 0.1) is 0 Å². The molecule has 0 aromatic heterocycles. The number of aliphatic hydroxyl groups excluding tert-OH is 4. The van der Waals surface area contributed by atoms with E-state index in [0.29, 0.717) is 0 Å². The van der Waals surface area contributed by atoms with Crippen molar-refractivity contribution in [3.8, 4) is 0 Å². The van der Waals surface area contributed by atoms with E-state index in [-0.39, 0.29) is 6.61 Å². The van der Waals surface area contributed by atoms with E-state index in [1.165, 1.54) is 0 Å². The maximum absolute atomic E-state index is 9.76. The van der Waals surface area contributed by atoms with E-state index in [9.17, 15) is 15.3 Å². The van der Waals surface area contributed by atoms with Crippen LogP contribution in [0.4, 0.5) is 0 Å². The molecule has 0 aliphatic carbocycles. The summed E-state index contributed by atoms with van der Waals surface area (Å²) in [6, 6.07) is 9.28. The van der Waals surface area contributed by atoms with Crippen LogP contribution in [-0.2, 0) is 16.1 Å². The van der Waals surface area contributed by atoms with Gasteiger partial charge in [-0.3, -0.25) is 0 Å². The van der Waals surface area contributed by atoms with E-state index in [1.54, 1.807) is 0 Å². The summed E-state index contributed by atoms with van der Waals surface area (Å²) in [5.74, 6) is 0. The van der Waals surface area contributed by atoms with Gasteiger partial charge in [-0.1, -0.05) is 30.3 Å². The summed E-state index contributed by atoms with van der Waals surface area (Å²) >= 11 is 0. The first-order valence-electron chi connectivity index (χ1n) is 6.09. The zero-order valence-corrected chi connectivity index (χ0v) is 10.3. The van der Waals surface area contributed by atoms with Gasteiger partial charge in [-0.2, -0.15) is 0 Å².